The Hall–Kier alpha value is -2.83. The van der Waals surface area contributed by atoms with Gasteiger partial charge in [-0.15, -0.1) is 0 Å². The van der Waals surface area contributed by atoms with Crippen LogP contribution in [0, 0.1) is 13.8 Å². The van der Waals surface area contributed by atoms with Crippen LogP contribution < -0.4 is 0 Å². The summed E-state index contributed by atoms with van der Waals surface area (Å²) in [6.45, 7) is 8.93. The van der Waals surface area contributed by atoms with Gasteiger partial charge >= 0.3 is 0 Å². The Kier molecular flexibility index (Phi) is 6.26. The average Bonchev–Trinajstić information content (AvgIpc) is 3.27. The van der Waals surface area contributed by atoms with Crippen LogP contribution in [0.5, 0.6) is 5.75 Å². The molecular formula is C25H28ClN3O3. The monoisotopic (exact) mass is 453 g/mol. The summed E-state index contributed by atoms with van der Waals surface area (Å²) < 4.78 is 5.68. The van der Waals surface area contributed by atoms with Crippen LogP contribution in [0.15, 0.2) is 36.4 Å². The molecule has 0 spiro atoms. The fraction of sp³-hybridized carbons (Fsp3) is 0.360. The van der Waals surface area contributed by atoms with Gasteiger partial charge in [0.1, 0.15) is 17.1 Å². The minimum Gasteiger partial charge on any atom is -0.507 e. The van der Waals surface area contributed by atoms with Crippen LogP contribution in [0.2, 0.25) is 5.02 Å². The number of hydrogen-bond acceptors (Lipinski definition) is 4. The normalized spacial score (nSPS) is 15.6. The predicted molar refractivity (Wildman–Crippen MR) is 125 cm³/mol. The van der Waals surface area contributed by atoms with Crippen LogP contribution in [-0.2, 0) is 4.74 Å². The number of amides is 1. The van der Waals surface area contributed by atoms with Gasteiger partial charge in [-0.25, -0.2) is 0 Å². The first kappa shape index (κ1) is 22.4. The van der Waals surface area contributed by atoms with Gasteiger partial charge in [-0.1, -0.05) is 29.8 Å². The number of hydrogen-bond donors (Lipinski definition) is 2. The third-order valence-corrected chi connectivity index (χ3v) is 5.96. The number of aromatic amines is 1. The summed E-state index contributed by atoms with van der Waals surface area (Å²) in [6.07, 6.45) is 0.854. The van der Waals surface area contributed by atoms with Crippen molar-refractivity contribution in [2.75, 3.05) is 13.2 Å². The average molecular weight is 454 g/mol. The molecule has 7 heteroatoms. The summed E-state index contributed by atoms with van der Waals surface area (Å²) in [4.78, 5) is 15.2. The Balaban J connectivity index is 1.80. The smallest absolute Gasteiger partial charge is 0.273 e. The second-order valence-electron chi connectivity index (χ2n) is 8.57. The second-order valence-corrected chi connectivity index (χ2v) is 9.00. The van der Waals surface area contributed by atoms with Crippen LogP contribution in [0.1, 0.15) is 59.1 Å². The van der Waals surface area contributed by atoms with E-state index >= 15 is 0 Å². The van der Waals surface area contributed by atoms with Gasteiger partial charge in [0.05, 0.1) is 12.1 Å². The van der Waals surface area contributed by atoms with Crippen LogP contribution in [0.4, 0.5) is 0 Å². The number of phenolic OH excluding ortho intramolecular Hbond substituents is 1. The summed E-state index contributed by atoms with van der Waals surface area (Å²) in [6, 6.07) is 11.0. The van der Waals surface area contributed by atoms with Crippen molar-refractivity contribution in [3.63, 3.8) is 0 Å². The number of rotatable bonds is 7. The van der Waals surface area contributed by atoms with Crippen LogP contribution in [0.3, 0.4) is 0 Å². The van der Waals surface area contributed by atoms with E-state index in [0.29, 0.717) is 41.5 Å². The fourth-order valence-electron chi connectivity index (χ4n) is 4.35. The van der Waals surface area contributed by atoms with Crippen LogP contribution >= 0.6 is 11.6 Å². The molecule has 3 aromatic rings. The molecule has 0 bridgehead atoms. The number of benzene rings is 2. The molecule has 1 aromatic heterocycles. The van der Waals surface area contributed by atoms with E-state index in [1.165, 1.54) is 0 Å². The van der Waals surface area contributed by atoms with Crippen LogP contribution in [0.25, 0.3) is 11.3 Å². The highest BCUT2D eigenvalue weighted by molar-refractivity contribution is 6.30. The van der Waals surface area contributed by atoms with Crippen molar-refractivity contribution in [3.05, 3.63) is 69.4 Å². The van der Waals surface area contributed by atoms with E-state index in [0.717, 1.165) is 22.3 Å². The lowest BCUT2D eigenvalue weighted by Gasteiger charge is -2.27. The molecule has 1 aliphatic rings. The number of carbonyl (C=O) groups excluding carboxylic acids is 1. The standard InChI is InChI=1S/C25H28ClN3O3/c1-14(2)32-10-6-9-29-23(17-7-5-8-18(26)13-17)20-21(27-28-22(20)25(29)31)19-12-15(3)11-16(4)24(19)30/h5,7-8,11-14,23,30H,6,9-10H2,1-4H3,(H,27,28). The Morgan fingerprint density at radius 1 is 1.25 bits per heavy atom. The van der Waals surface area contributed by atoms with E-state index in [9.17, 15) is 9.90 Å². The number of H-pyrrole nitrogens is 1. The van der Waals surface area contributed by atoms with Gasteiger partial charge in [0.2, 0.25) is 0 Å². The van der Waals surface area contributed by atoms with Gasteiger partial charge in [-0.05, 0) is 69.0 Å². The Bertz CT molecular complexity index is 1160. The Morgan fingerprint density at radius 2 is 2.03 bits per heavy atom. The molecular weight excluding hydrogens is 426 g/mol. The van der Waals surface area contributed by atoms with Crippen molar-refractivity contribution >= 4 is 17.5 Å². The second kappa shape index (κ2) is 8.96. The summed E-state index contributed by atoms with van der Waals surface area (Å²) in [5.41, 5.74) is 5.10. The minimum absolute atomic E-state index is 0.114. The first-order valence-corrected chi connectivity index (χ1v) is 11.2. The van der Waals surface area contributed by atoms with E-state index in [-0.39, 0.29) is 23.8 Å². The number of ether oxygens (including phenoxy) is 1. The Morgan fingerprint density at radius 3 is 2.75 bits per heavy atom. The molecule has 0 saturated carbocycles. The zero-order valence-corrected chi connectivity index (χ0v) is 19.5. The number of aromatic hydroxyl groups is 1. The van der Waals surface area contributed by atoms with Crippen molar-refractivity contribution in [2.45, 2.75) is 46.3 Å². The third-order valence-electron chi connectivity index (χ3n) is 5.72. The van der Waals surface area contributed by atoms with Crippen molar-refractivity contribution in [1.82, 2.24) is 15.1 Å². The summed E-state index contributed by atoms with van der Waals surface area (Å²) in [5.74, 6) is 0.0584. The summed E-state index contributed by atoms with van der Waals surface area (Å²) in [7, 11) is 0. The zero-order valence-electron chi connectivity index (χ0n) is 18.8. The van der Waals surface area contributed by atoms with Crippen LogP contribution in [-0.4, -0.2) is 45.4 Å². The molecule has 168 valence electrons. The van der Waals surface area contributed by atoms with Crippen molar-refractivity contribution < 1.29 is 14.6 Å². The fourth-order valence-corrected chi connectivity index (χ4v) is 4.55. The van der Waals surface area contributed by atoms with Crippen molar-refractivity contribution in [3.8, 4) is 17.0 Å². The van der Waals surface area contributed by atoms with Gasteiger partial charge in [0.15, 0.2) is 0 Å². The molecule has 1 unspecified atom stereocenters. The molecule has 2 N–H and O–H groups in total. The molecule has 2 heterocycles. The van der Waals surface area contributed by atoms with Gasteiger partial charge < -0.3 is 14.7 Å². The maximum atomic E-state index is 13.4. The lowest BCUT2D eigenvalue weighted by Crippen LogP contribution is -2.31. The Labute approximate surface area is 193 Å². The van der Waals surface area contributed by atoms with Crippen molar-refractivity contribution in [2.24, 2.45) is 0 Å². The van der Waals surface area contributed by atoms with E-state index in [2.05, 4.69) is 10.2 Å². The highest BCUT2D eigenvalue weighted by atomic mass is 35.5. The summed E-state index contributed by atoms with van der Waals surface area (Å²) in [5, 5.41) is 18.8. The molecule has 4 rings (SSSR count). The number of fused-ring (bicyclic) bond motifs is 1. The highest BCUT2D eigenvalue weighted by Gasteiger charge is 2.42. The van der Waals surface area contributed by atoms with E-state index in [1.807, 2.05) is 69.0 Å². The molecule has 0 saturated heterocycles. The molecule has 6 nitrogen and oxygen atoms in total. The molecule has 1 atom stereocenters. The molecule has 0 radical (unpaired) electrons. The number of nitrogens with one attached hydrogen (secondary N) is 1. The van der Waals surface area contributed by atoms with Gasteiger partial charge in [0, 0.05) is 29.3 Å². The molecule has 32 heavy (non-hydrogen) atoms. The van der Waals surface area contributed by atoms with E-state index in [4.69, 9.17) is 16.3 Å². The third kappa shape index (κ3) is 4.12. The molecule has 1 aliphatic heterocycles. The largest absolute Gasteiger partial charge is 0.507 e. The number of carbonyl (C=O) groups is 1. The lowest BCUT2D eigenvalue weighted by atomic mass is 9.94. The number of phenols is 1. The first-order chi connectivity index (χ1) is 15.3. The molecule has 0 fully saturated rings. The topological polar surface area (TPSA) is 78.5 Å². The highest BCUT2D eigenvalue weighted by Crippen LogP contribution is 2.45. The maximum absolute atomic E-state index is 13.4. The predicted octanol–water partition coefficient (Wildman–Crippen LogP) is 5.41. The van der Waals surface area contributed by atoms with Crippen molar-refractivity contribution in [1.29, 1.82) is 0 Å². The van der Waals surface area contributed by atoms with Gasteiger partial charge in [-0.3, -0.25) is 9.89 Å². The number of halogens is 1. The lowest BCUT2D eigenvalue weighted by molar-refractivity contribution is 0.0601. The molecule has 1 amide bonds. The number of aromatic nitrogens is 2. The minimum atomic E-state index is -0.357. The van der Waals surface area contributed by atoms with E-state index < -0.39 is 0 Å². The van der Waals surface area contributed by atoms with E-state index in [1.54, 1.807) is 0 Å². The van der Waals surface area contributed by atoms with Gasteiger partial charge in [0.25, 0.3) is 5.91 Å². The zero-order chi connectivity index (χ0) is 23.0. The molecule has 2 aromatic carbocycles. The summed E-state index contributed by atoms with van der Waals surface area (Å²) >= 11 is 6.31. The maximum Gasteiger partial charge on any atom is 0.273 e. The number of nitrogens with zero attached hydrogens (tertiary/aromatic N) is 2. The SMILES string of the molecule is Cc1cc(C)c(O)c(-c2n[nH]c3c2C(c2cccc(Cl)c2)N(CCCOC(C)C)C3=O)c1. The first-order valence-electron chi connectivity index (χ1n) is 10.8. The number of aryl methyl sites for hydroxylation is 2. The van der Waals surface area contributed by atoms with Gasteiger partial charge in [-0.2, -0.15) is 5.10 Å². The molecule has 0 aliphatic carbocycles. The quantitative estimate of drug-likeness (QED) is 0.468.